The SMILES string of the molecule is CNC(=O)CN1CC(=O)c2c(nc(Cc3ccc(OC)c(F)c3)c3[nH]c4ccccc4c23)C1. The molecular formula is C25H23FN4O3. The number of rotatable bonds is 5. The van der Waals surface area contributed by atoms with Crippen molar-refractivity contribution in [2.24, 2.45) is 0 Å². The Morgan fingerprint density at radius 3 is 2.82 bits per heavy atom. The van der Waals surface area contributed by atoms with E-state index in [1.807, 2.05) is 24.3 Å². The third-order valence-corrected chi connectivity index (χ3v) is 6.06. The number of methoxy groups -OCH3 is 1. The van der Waals surface area contributed by atoms with Gasteiger partial charge in [-0.2, -0.15) is 0 Å². The molecule has 7 nitrogen and oxygen atoms in total. The van der Waals surface area contributed by atoms with Crippen LogP contribution in [0.1, 0.15) is 27.3 Å². The van der Waals surface area contributed by atoms with Gasteiger partial charge < -0.3 is 15.0 Å². The van der Waals surface area contributed by atoms with Crippen molar-refractivity contribution in [2.45, 2.75) is 13.0 Å². The van der Waals surface area contributed by atoms with Crippen LogP contribution in [0, 0.1) is 5.82 Å². The second-order valence-corrected chi connectivity index (χ2v) is 8.19. The fourth-order valence-corrected chi connectivity index (χ4v) is 4.54. The van der Waals surface area contributed by atoms with Gasteiger partial charge in [-0.15, -0.1) is 0 Å². The minimum absolute atomic E-state index is 0.0653. The number of nitrogens with one attached hydrogen (secondary N) is 2. The predicted molar refractivity (Wildman–Crippen MR) is 123 cm³/mol. The Labute approximate surface area is 189 Å². The zero-order chi connectivity index (χ0) is 23.1. The minimum atomic E-state index is -0.437. The van der Waals surface area contributed by atoms with Crippen molar-refractivity contribution >= 4 is 33.5 Å². The molecule has 168 valence electrons. The van der Waals surface area contributed by atoms with E-state index in [0.717, 1.165) is 33.1 Å². The fraction of sp³-hybridized carbons (Fsp3) is 0.240. The van der Waals surface area contributed by atoms with Crippen LogP contribution in [-0.4, -0.2) is 53.8 Å². The van der Waals surface area contributed by atoms with Gasteiger partial charge in [-0.05, 0) is 23.8 Å². The molecule has 1 amide bonds. The molecule has 1 aliphatic heterocycles. The van der Waals surface area contributed by atoms with E-state index in [-0.39, 0.29) is 30.5 Å². The molecule has 1 aliphatic rings. The van der Waals surface area contributed by atoms with Crippen LogP contribution in [-0.2, 0) is 17.8 Å². The van der Waals surface area contributed by atoms with Gasteiger partial charge in [0.1, 0.15) is 0 Å². The van der Waals surface area contributed by atoms with Crippen molar-refractivity contribution in [1.29, 1.82) is 0 Å². The van der Waals surface area contributed by atoms with Crippen LogP contribution in [0.5, 0.6) is 5.75 Å². The van der Waals surface area contributed by atoms with Crippen LogP contribution < -0.4 is 10.1 Å². The van der Waals surface area contributed by atoms with Gasteiger partial charge in [0.25, 0.3) is 0 Å². The number of fused-ring (bicyclic) bond motifs is 5. The van der Waals surface area contributed by atoms with Crippen LogP contribution in [0.15, 0.2) is 42.5 Å². The molecule has 0 spiro atoms. The normalized spacial score (nSPS) is 14.0. The van der Waals surface area contributed by atoms with Gasteiger partial charge in [0, 0.05) is 36.3 Å². The van der Waals surface area contributed by atoms with E-state index in [0.29, 0.717) is 24.2 Å². The molecule has 0 fully saturated rings. The lowest BCUT2D eigenvalue weighted by molar-refractivity contribution is -0.121. The van der Waals surface area contributed by atoms with E-state index in [4.69, 9.17) is 9.72 Å². The number of Topliss-reactive ketones (excluding diaryl/α,β-unsaturated/α-hetero) is 1. The minimum Gasteiger partial charge on any atom is -0.494 e. The molecule has 0 atom stereocenters. The summed E-state index contributed by atoms with van der Waals surface area (Å²) in [5, 5.41) is 4.38. The molecule has 0 radical (unpaired) electrons. The molecule has 2 aromatic carbocycles. The van der Waals surface area contributed by atoms with Crippen LogP contribution in [0.4, 0.5) is 4.39 Å². The highest BCUT2D eigenvalue weighted by molar-refractivity contribution is 6.20. The van der Waals surface area contributed by atoms with E-state index in [9.17, 15) is 14.0 Å². The highest BCUT2D eigenvalue weighted by atomic mass is 19.1. The molecule has 5 rings (SSSR count). The first-order valence-corrected chi connectivity index (χ1v) is 10.7. The number of carbonyl (C=O) groups excluding carboxylic acids is 2. The summed E-state index contributed by atoms with van der Waals surface area (Å²) in [5.41, 5.74) is 4.38. The lowest BCUT2D eigenvalue weighted by Gasteiger charge is -2.27. The number of ether oxygens (including phenoxy) is 1. The highest BCUT2D eigenvalue weighted by Crippen LogP contribution is 2.35. The molecular weight excluding hydrogens is 423 g/mol. The first-order valence-electron chi connectivity index (χ1n) is 10.7. The standard InChI is InChI=1S/C25H23FN4O3/c1-27-22(32)13-30-11-19-24(20(31)12-30)23-15-5-3-4-6-17(15)29-25(23)18(28-19)10-14-7-8-21(33-2)16(26)9-14/h3-9,29H,10-13H2,1-2H3,(H,27,32). The number of pyridine rings is 1. The van der Waals surface area contributed by atoms with Crippen LogP contribution >= 0.6 is 0 Å². The van der Waals surface area contributed by atoms with Gasteiger partial charge in [-0.3, -0.25) is 19.5 Å². The van der Waals surface area contributed by atoms with Gasteiger partial charge in [-0.1, -0.05) is 24.3 Å². The molecule has 0 aliphatic carbocycles. The summed E-state index contributed by atoms with van der Waals surface area (Å²) in [7, 11) is 3.00. The summed E-state index contributed by atoms with van der Waals surface area (Å²) >= 11 is 0. The number of amides is 1. The largest absolute Gasteiger partial charge is 0.494 e. The second-order valence-electron chi connectivity index (χ2n) is 8.19. The van der Waals surface area contributed by atoms with Gasteiger partial charge in [0.2, 0.25) is 5.91 Å². The molecule has 0 bridgehead atoms. The van der Waals surface area contributed by atoms with Crippen molar-refractivity contribution in [1.82, 2.24) is 20.2 Å². The van der Waals surface area contributed by atoms with Gasteiger partial charge in [-0.25, -0.2) is 4.39 Å². The quantitative estimate of drug-likeness (QED) is 0.492. The van der Waals surface area contributed by atoms with E-state index in [2.05, 4.69) is 10.3 Å². The van der Waals surface area contributed by atoms with Gasteiger partial charge in [0.15, 0.2) is 17.3 Å². The Hall–Kier alpha value is -3.78. The van der Waals surface area contributed by atoms with E-state index >= 15 is 0 Å². The highest BCUT2D eigenvalue weighted by Gasteiger charge is 2.30. The lowest BCUT2D eigenvalue weighted by atomic mass is 9.95. The van der Waals surface area contributed by atoms with Crippen LogP contribution in [0.2, 0.25) is 0 Å². The van der Waals surface area contributed by atoms with Crippen molar-refractivity contribution in [3.05, 3.63) is 70.8 Å². The number of likely N-dealkylation sites (N-methyl/N-ethyl adjacent to an activating group) is 1. The summed E-state index contributed by atoms with van der Waals surface area (Å²) in [5.74, 6) is -0.478. The number of aromatic amines is 1. The number of aromatic nitrogens is 2. The van der Waals surface area contributed by atoms with E-state index in [1.54, 1.807) is 24.1 Å². The van der Waals surface area contributed by atoms with E-state index < -0.39 is 5.82 Å². The Morgan fingerprint density at radius 2 is 2.06 bits per heavy atom. The number of carbonyl (C=O) groups is 2. The third-order valence-electron chi connectivity index (χ3n) is 6.06. The number of benzene rings is 2. The van der Waals surface area contributed by atoms with Crippen molar-refractivity contribution in [3.8, 4) is 5.75 Å². The van der Waals surface area contributed by atoms with Gasteiger partial charge in [0.05, 0.1) is 42.7 Å². The summed E-state index contributed by atoms with van der Waals surface area (Å²) in [6.45, 7) is 0.655. The maximum atomic E-state index is 14.3. The number of hydrogen-bond acceptors (Lipinski definition) is 5. The number of halogens is 1. The molecule has 0 saturated carbocycles. The fourth-order valence-electron chi connectivity index (χ4n) is 4.54. The zero-order valence-corrected chi connectivity index (χ0v) is 18.4. The maximum Gasteiger partial charge on any atom is 0.233 e. The third kappa shape index (κ3) is 3.72. The van der Waals surface area contributed by atoms with E-state index in [1.165, 1.54) is 13.2 Å². The Kier molecular flexibility index (Phi) is 5.30. The number of H-pyrrole nitrogens is 1. The molecule has 2 N–H and O–H groups in total. The number of ketones is 1. The van der Waals surface area contributed by atoms with Crippen molar-refractivity contribution < 1.29 is 18.7 Å². The van der Waals surface area contributed by atoms with Gasteiger partial charge >= 0.3 is 0 Å². The van der Waals surface area contributed by atoms with Crippen LogP contribution in [0.25, 0.3) is 21.8 Å². The number of para-hydroxylation sites is 1. The molecule has 8 heteroatoms. The number of hydrogen-bond donors (Lipinski definition) is 2. The molecule has 0 unspecified atom stereocenters. The average molecular weight is 446 g/mol. The second kappa shape index (κ2) is 8.29. The molecule has 2 aromatic heterocycles. The first kappa shape index (κ1) is 21.1. The smallest absolute Gasteiger partial charge is 0.233 e. The molecule has 0 saturated heterocycles. The average Bonchev–Trinajstić information content (AvgIpc) is 3.19. The summed E-state index contributed by atoms with van der Waals surface area (Å²) in [6, 6.07) is 12.7. The Morgan fingerprint density at radius 1 is 1.24 bits per heavy atom. The lowest BCUT2D eigenvalue weighted by Crippen LogP contribution is -2.41. The Balaban J connectivity index is 1.67. The monoisotopic (exact) mass is 446 g/mol. The molecule has 3 heterocycles. The zero-order valence-electron chi connectivity index (χ0n) is 18.4. The maximum absolute atomic E-state index is 14.3. The first-order chi connectivity index (χ1) is 16.0. The molecule has 33 heavy (non-hydrogen) atoms. The Bertz CT molecular complexity index is 1410. The van der Waals surface area contributed by atoms with Crippen LogP contribution in [0.3, 0.4) is 0 Å². The summed E-state index contributed by atoms with van der Waals surface area (Å²) < 4.78 is 19.3. The molecule has 4 aromatic rings. The summed E-state index contributed by atoms with van der Waals surface area (Å²) in [6.07, 6.45) is 0.376. The predicted octanol–water partition coefficient (Wildman–Crippen LogP) is 3.20. The summed E-state index contributed by atoms with van der Waals surface area (Å²) in [4.78, 5) is 35.2. The number of nitrogens with zero attached hydrogens (tertiary/aromatic N) is 2. The topological polar surface area (TPSA) is 87.3 Å². The van der Waals surface area contributed by atoms with Crippen molar-refractivity contribution in [3.63, 3.8) is 0 Å². The van der Waals surface area contributed by atoms with Crippen molar-refractivity contribution in [2.75, 3.05) is 27.2 Å².